The Kier molecular flexibility index (Phi) is 5.87. The van der Waals surface area contributed by atoms with Gasteiger partial charge in [0.1, 0.15) is 5.75 Å². The van der Waals surface area contributed by atoms with Gasteiger partial charge in [0.25, 0.3) is 5.91 Å². The van der Waals surface area contributed by atoms with Crippen LogP contribution in [0.15, 0.2) is 48.5 Å². The maximum Gasteiger partial charge on any atom is 0.251 e. The van der Waals surface area contributed by atoms with Crippen molar-refractivity contribution in [1.29, 1.82) is 0 Å². The molecule has 0 aliphatic carbocycles. The zero-order valence-electron chi connectivity index (χ0n) is 11.2. The van der Waals surface area contributed by atoms with Crippen LogP contribution in [0.25, 0.3) is 0 Å². The van der Waals surface area contributed by atoms with Crippen LogP contribution in [-0.2, 0) is 6.42 Å². The Hall–Kier alpha value is -1.27. The molecular weight excluding hydrogens is 401 g/mol. The van der Waals surface area contributed by atoms with Gasteiger partial charge in [0, 0.05) is 17.5 Å². The first-order valence-electron chi connectivity index (χ1n) is 6.49. The molecule has 0 bridgehead atoms. The average molecular weight is 416 g/mol. The Morgan fingerprint density at radius 1 is 1.24 bits per heavy atom. The van der Waals surface area contributed by atoms with Gasteiger partial charge in [0.2, 0.25) is 0 Å². The second-order valence-corrected chi connectivity index (χ2v) is 6.15. The normalized spacial score (nSPS) is 11.9. The largest absolute Gasteiger partial charge is 0.507 e. The predicted octanol–water partition coefficient (Wildman–Crippen LogP) is 3.58. The summed E-state index contributed by atoms with van der Waals surface area (Å²) in [6, 6.07) is 14.6. The summed E-state index contributed by atoms with van der Waals surface area (Å²) in [5.74, 6) is 0.203. The summed E-state index contributed by atoms with van der Waals surface area (Å²) in [6.45, 7) is 0. The van der Waals surface area contributed by atoms with E-state index in [0.717, 1.165) is 5.56 Å². The summed E-state index contributed by atoms with van der Waals surface area (Å²) in [5.41, 5.74) is 1.55. The number of phenols is 1. The monoisotopic (exact) mass is 415 g/mol. The smallest absolute Gasteiger partial charge is 0.251 e. The van der Waals surface area contributed by atoms with Crippen molar-refractivity contribution in [3.8, 4) is 5.75 Å². The van der Waals surface area contributed by atoms with Gasteiger partial charge < -0.3 is 10.4 Å². The second kappa shape index (κ2) is 7.66. The SMILES string of the molecule is O=C(NC(CCl)Cc1ccccc1)c1ccc(I)c(O)c1. The molecule has 0 radical (unpaired) electrons. The van der Waals surface area contributed by atoms with Crippen LogP contribution in [0.5, 0.6) is 5.75 Å². The quantitative estimate of drug-likeness (QED) is 0.579. The number of aromatic hydroxyl groups is 1. The topological polar surface area (TPSA) is 49.3 Å². The summed E-state index contributed by atoms with van der Waals surface area (Å²) in [6.07, 6.45) is 0.673. The van der Waals surface area contributed by atoms with Crippen LogP contribution in [0.1, 0.15) is 15.9 Å². The van der Waals surface area contributed by atoms with Gasteiger partial charge in [-0.1, -0.05) is 30.3 Å². The zero-order valence-corrected chi connectivity index (χ0v) is 14.1. The van der Waals surface area contributed by atoms with E-state index in [9.17, 15) is 9.90 Å². The molecule has 1 atom stereocenters. The minimum Gasteiger partial charge on any atom is -0.507 e. The molecule has 5 heteroatoms. The van der Waals surface area contributed by atoms with Gasteiger partial charge in [-0.15, -0.1) is 11.6 Å². The summed E-state index contributed by atoms with van der Waals surface area (Å²) in [7, 11) is 0. The van der Waals surface area contributed by atoms with E-state index >= 15 is 0 Å². The fourth-order valence-electron chi connectivity index (χ4n) is 1.97. The van der Waals surface area contributed by atoms with Crippen molar-refractivity contribution in [2.45, 2.75) is 12.5 Å². The molecule has 21 heavy (non-hydrogen) atoms. The van der Waals surface area contributed by atoms with Gasteiger partial charge in [-0.05, 0) is 52.8 Å². The summed E-state index contributed by atoms with van der Waals surface area (Å²) in [4.78, 5) is 12.2. The third-order valence-electron chi connectivity index (χ3n) is 3.05. The first kappa shape index (κ1) is 16.1. The van der Waals surface area contributed by atoms with E-state index in [0.29, 0.717) is 21.4 Å². The number of nitrogens with one attached hydrogen (secondary N) is 1. The third-order valence-corrected chi connectivity index (χ3v) is 4.34. The van der Waals surface area contributed by atoms with Crippen molar-refractivity contribution in [2.24, 2.45) is 0 Å². The maximum absolute atomic E-state index is 12.2. The number of alkyl halides is 1. The van der Waals surface area contributed by atoms with Gasteiger partial charge in [-0.25, -0.2) is 0 Å². The van der Waals surface area contributed by atoms with Crippen LogP contribution in [0.3, 0.4) is 0 Å². The van der Waals surface area contributed by atoms with Crippen LogP contribution in [0.2, 0.25) is 0 Å². The van der Waals surface area contributed by atoms with Crippen molar-refractivity contribution in [3.63, 3.8) is 0 Å². The molecule has 110 valence electrons. The highest BCUT2D eigenvalue weighted by atomic mass is 127. The molecule has 2 aromatic rings. The minimum absolute atomic E-state index is 0.105. The number of hydrogen-bond acceptors (Lipinski definition) is 2. The lowest BCUT2D eigenvalue weighted by atomic mass is 10.1. The molecule has 0 spiro atoms. The number of rotatable bonds is 5. The van der Waals surface area contributed by atoms with Crippen LogP contribution >= 0.6 is 34.2 Å². The molecule has 2 rings (SSSR count). The molecule has 0 heterocycles. The van der Waals surface area contributed by atoms with Crippen LogP contribution in [0, 0.1) is 3.57 Å². The van der Waals surface area contributed by atoms with Crippen molar-refractivity contribution in [1.82, 2.24) is 5.32 Å². The summed E-state index contributed by atoms with van der Waals surface area (Å²) in [5, 5.41) is 12.6. The summed E-state index contributed by atoms with van der Waals surface area (Å²) >= 11 is 7.95. The van der Waals surface area contributed by atoms with Crippen molar-refractivity contribution >= 4 is 40.1 Å². The molecule has 0 saturated carbocycles. The minimum atomic E-state index is -0.233. The maximum atomic E-state index is 12.2. The van der Waals surface area contributed by atoms with Crippen molar-refractivity contribution < 1.29 is 9.90 Å². The molecule has 2 aromatic carbocycles. The van der Waals surface area contributed by atoms with E-state index in [2.05, 4.69) is 5.32 Å². The molecule has 0 saturated heterocycles. The number of carbonyl (C=O) groups excluding carboxylic acids is 1. The fraction of sp³-hybridized carbons (Fsp3) is 0.188. The lowest BCUT2D eigenvalue weighted by molar-refractivity contribution is 0.0940. The van der Waals surface area contributed by atoms with Crippen LogP contribution < -0.4 is 5.32 Å². The molecule has 0 aliphatic rings. The van der Waals surface area contributed by atoms with Gasteiger partial charge in [-0.2, -0.15) is 0 Å². The zero-order chi connectivity index (χ0) is 15.2. The van der Waals surface area contributed by atoms with E-state index in [1.165, 1.54) is 6.07 Å². The van der Waals surface area contributed by atoms with Crippen LogP contribution in [0.4, 0.5) is 0 Å². The van der Waals surface area contributed by atoms with Crippen LogP contribution in [-0.4, -0.2) is 22.9 Å². The first-order valence-corrected chi connectivity index (χ1v) is 8.10. The van der Waals surface area contributed by atoms with Gasteiger partial charge in [-0.3, -0.25) is 4.79 Å². The summed E-state index contributed by atoms with van der Waals surface area (Å²) < 4.78 is 0.710. The van der Waals surface area contributed by atoms with E-state index in [1.807, 2.05) is 52.9 Å². The van der Waals surface area contributed by atoms with E-state index < -0.39 is 0 Å². The third kappa shape index (κ3) is 4.61. The number of benzene rings is 2. The number of carbonyl (C=O) groups is 1. The number of hydrogen-bond donors (Lipinski definition) is 2. The van der Waals surface area contributed by atoms with Crippen molar-refractivity contribution in [3.05, 3.63) is 63.2 Å². The van der Waals surface area contributed by atoms with Crippen molar-refractivity contribution in [2.75, 3.05) is 5.88 Å². The van der Waals surface area contributed by atoms with E-state index in [1.54, 1.807) is 12.1 Å². The lowest BCUT2D eigenvalue weighted by Crippen LogP contribution is -2.37. The standard InChI is InChI=1S/C16H15ClINO2/c17-10-13(8-11-4-2-1-3-5-11)19-16(21)12-6-7-14(18)15(20)9-12/h1-7,9,13,20H,8,10H2,(H,19,21). The Morgan fingerprint density at radius 3 is 2.57 bits per heavy atom. The molecule has 1 amide bonds. The average Bonchev–Trinajstić information content (AvgIpc) is 2.50. The number of amides is 1. The predicted molar refractivity (Wildman–Crippen MR) is 92.9 cm³/mol. The fourth-order valence-corrected chi connectivity index (χ4v) is 2.49. The molecule has 0 aliphatic heterocycles. The highest BCUT2D eigenvalue weighted by Gasteiger charge is 2.14. The molecule has 0 aromatic heterocycles. The highest BCUT2D eigenvalue weighted by Crippen LogP contribution is 2.20. The lowest BCUT2D eigenvalue weighted by Gasteiger charge is -2.16. The second-order valence-electron chi connectivity index (χ2n) is 4.68. The molecule has 2 N–H and O–H groups in total. The number of phenolic OH excluding ortho intramolecular Hbond substituents is 1. The Morgan fingerprint density at radius 2 is 1.95 bits per heavy atom. The first-order chi connectivity index (χ1) is 10.1. The molecule has 3 nitrogen and oxygen atoms in total. The number of halogens is 2. The van der Waals surface area contributed by atoms with Gasteiger partial charge in [0.05, 0.1) is 3.57 Å². The molecular formula is C16H15ClINO2. The van der Waals surface area contributed by atoms with E-state index in [4.69, 9.17) is 11.6 Å². The van der Waals surface area contributed by atoms with E-state index in [-0.39, 0.29) is 17.7 Å². The molecule has 1 unspecified atom stereocenters. The Bertz CT molecular complexity index is 619. The highest BCUT2D eigenvalue weighted by molar-refractivity contribution is 14.1. The Balaban J connectivity index is 2.04. The van der Waals surface area contributed by atoms with Gasteiger partial charge in [0.15, 0.2) is 0 Å². The molecule has 0 fully saturated rings. The van der Waals surface area contributed by atoms with Gasteiger partial charge >= 0.3 is 0 Å². The Labute approximate surface area is 142 Å².